The largest absolute Gasteiger partial charge is 0.357 e. The van der Waals surface area contributed by atoms with Crippen LogP contribution in [0.4, 0.5) is 0 Å². The second kappa shape index (κ2) is 12.5. The minimum absolute atomic E-state index is 0.493. The highest BCUT2D eigenvalue weighted by atomic mass is 15.3. The summed E-state index contributed by atoms with van der Waals surface area (Å²) in [4.78, 5) is 12.4. The summed E-state index contributed by atoms with van der Waals surface area (Å²) >= 11 is 0. The van der Waals surface area contributed by atoms with Gasteiger partial charge in [0.25, 0.3) is 0 Å². The van der Waals surface area contributed by atoms with Crippen LogP contribution in [0.3, 0.4) is 0 Å². The molecule has 0 radical (unpaired) electrons. The summed E-state index contributed by atoms with van der Waals surface area (Å²) in [5, 5.41) is 6.89. The van der Waals surface area contributed by atoms with E-state index in [-0.39, 0.29) is 0 Å². The lowest BCUT2D eigenvalue weighted by atomic mass is 10.2. The Morgan fingerprint density at radius 1 is 0.962 bits per heavy atom. The van der Waals surface area contributed by atoms with E-state index < -0.39 is 0 Å². The molecule has 6 nitrogen and oxygen atoms in total. The smallest absolute Gasteiger partial charge is 0.191 e. The minimum atomic E-state index is 0.493. The molecule has 1 heterocycles. The van der Waals surface area contributed by atoms with Gasteiger partial charge in [0, 0.05) is 63.9 Å². The summed E-state index contributed by atoms with van der Waals surface area (Å²) in [6.07, 6.45) is 0. The van der Waals surface area contributed by atoms with Crippen LogP contribution in [0.5, 0.6) is 0 Å². The minimum Gasteiger partial charge on any atom is -0.357 e. The zero-order chi connectivity index (χ0) is 19.5. The Bertz CT molecular complexity index is 380. The molecular formula is C20H44N6. The van der Waals surface area contributed by atoms with Crippen molar-refractivity contribution in [3.8, 4) is 0 Å². The fourth-order valence-electron chi connectivity index (χ4n) is 3.62. The van der Waals surface area contributed by atoms with E-state index in [2.05, 4.69) is 73.8 Å². The van der Waals surface area contributed by atoms with Crippen molar-refractivity contribution in [1.82, 2.24) is 25.3 Å². The quantitative estimate of drug-likeness (QED) is 0.454. The van der Waals surface area contributed by atoms with Gasteiger partial charge in [0.1, 0.15) is 0 Å². The van der Waals surface area contributed by atoms with Gasteiger partial charge in [-0.1, -0.05) is 6.92 Å². The molecule has 0 aromatic rings. The van der Waals surface area contributed by atoms with Crippen LogP contribution in [0.2, 0.25) is 0 Å². The summed E-state index contributed by atoms with van der Waals surface area (Å²) in [7, 11) is 0. The van der Waals surface area contributed by atoms with Crippen molar-refractivity contribution in [2.24, 2.45) is 4.99 Å². The van der Waals surface area contributed by atoms with Crippen molar-refractivity contribution >= 4 is 5.96 Å². The molecule has 154 valence electrons. The van der Waals surface area contributed by atoms with E-state index in [9.17, 15) is 0 Å². The van der Waals surface area contributed by atoms with Crippen LogP contribution in [0.1, 0.15) is 48.5 Å². The monoisotopic (exact) mass is 368 g/mol. The molecule has 0 amide bonds. The molecule has 1 aliphatic rings. The molecule has 0 aromatic carbocycles. The van der Waals surface area contributed by atoms with E-state index in [1.165, 1.54) is 19.6 Å². The fraction of sp³-hybridized carbons (Fsp3) is 0.950. The lowest BCUT2D eigenvalue weighted by Crippen LogP contribution is -2.50. The Labute approximate surface area is 162 Å². The maximum Gasteiger partial charge on any atom is 0.191 e. The molecule has 1 saturated heterocycles. The molecule has 0 aromatic heterocycles. The van der Waals surface area contributed by atoms with Gasteiger partial charge in [-0.3, -0.25) is 14.8 Å². The third kappa shape index (κ3) is 8.23. The topological polar surface area (TPSA) is 46.1 Å². The second-order valence-electron chi connectivity index (χ2n) is 7.89. The second-order valence-corrected chi connectivity index (χ2v) is 7.89. The summed E-state index contributed by atoms with van der Waals surface area (Å²) < 4.78 is 0. The van der Waals surface area contributed by atoms with Gasteiger partial charge in [-0.05, 0) is 48.1 Å². The van der Waals surface area contributed by atoms with E-state index in [1.807, 2.05) is 0 Å². The van der Waals surface area contributed by atoms with Crippen molar-refractivity contribution < 1.29 is 0 Å². The first-order valence-electron chi connectivity index (χ1n) is 10.6. The molecule has 26 heavy (non-hydrogen) atoms. The zero-order valence-corrected chi connectivity index (χ0v) is 18.4. The Morgan fingerprint density at radius 3 is 2.08 bits per heavy atom. The molecule has 0 aliphatic carbocycles. The van der Waals surface area contributed by atoms with Gasteiger partial charge in [-0.25, -0.2) is 0 Å². The number of piperazine rings is 1. The predicted molar refractivity (Wildman–Crippen MR) is 114 cm³/mol. The number of nitrogens with one attached hydrogen (secondary N) is 2. The number of nitrogens with zero attached hydrogens (tertiary/aromatic N) is 4. The van der Waals surface area contributed by atoms with Gasteiger partial charge in [0.15, 0.2) is 5.96 Å². The Balaban J connectivity index is 2.44. The van der Waals surface area contributed by atoms with Crippen LogP contribution in [-0.2, 0) is 0 Å². The molecule has 6 heteroatoms. The molecule has 1 atom stereocenters. The lowest BCUT2D eigenvalue weighted by molar-refractivity contribution is 0.109. The van der Waals surface area contributed by atoms with Crippen molar-refractivity contribution in [2.75, 3.05) is 58.9 Å². The Kier molecular flexibility index (Phi) is 11.2. The van der Waals surface area contributed by atoms with Crippen LogP contribution < -0.4 is 10.6 Å². The molecule has 2 N–H and O–H groups in total. The van der Waals surface area contributed by atoms with Crippen LogP contribution in [0, 0.1) is 0 Å². The van der Waals surface area contributed by atoms with E-state index in [0.29, 0.717) is 18.1 Å². The summed E-state index contributed by atoms with van der Waals surface area (Å²) in [6, 6.07) is 1.63. The van der Waals surface area contributed by atoms with Crippen LogP contribution >= 0.6 is 0 Å². The van der Waals surface area contributed by atoms with E-state index in [1.54, 1.807) is 0 Å². The van der Waals surface area contributed by atoms with Crippen LogP contribution in [-0.4, -0.2) is 97.7 Å². The van der Waals surface area contributed by atoms with Crippen LogP contribution in [0.15, 0.2) is 4.99 Å². The number of hydrogen-bond acceptors (Lipinski definition) is 4. The molecule has 0 bridgehead atoms. The fourth-order valence-corrected chi connectivity index (χ4v) is 3.62. The first kappa shape index (κ1) is 23.2. The SMILES string of the molecule is CCNC(=NCC(C)N1CCN(CC)CC1)NCCN(C(C)C)C(C)C. The summed E-state index contributed by atoms with van der Waals surface area (Å²) in [5.41, 5.74) is 0. The first-order chi connectivity index (χ1) is 12.4. The van der Waals surface area contributed by atoms with Crippen molar-refractivity contribution in [3.63, 3.8) is 0 Å². The highest BCUT2D eigenvalue weighted by molar-refractivity contribution is 5.79. The average Bonchev–Trinajstić information content (AvgIpc) is 2.62. The third-order valence-corrected chi connectivity index (χ3v) is 5.32. The maximum absolute atomic E-state index is 4.83. The summed E-state index contributed by atoms with van der Waals surface area (Å²) in [6.45, 7) is 25.3. The molecule has 0 spiro atoms. The van der Waals surface area contributed by atoms with Gasteiger partial charge in [-0.2, -0.15) is 0 Å². The van der Waals surface area contributed by atoms with Crippen molar-refractivity contribution in [3.05, 3.63) is 0 Å². The number of likely N-dealkylation sites (N-methyl/N-ethyl adjacent to an activating group) is 1. The molecule has 0 saturated carbocycles. The molecular weight excluding hydrogens is 324 g/mol. The molecule has 1 aliphatic heterocycles. The number of guanidine groups is 1. The number of rotatable bonds is 10. The van der Waals surface area contributed by atoms with Crippen molar-refractivity contribution in [1.29, 1.82) is 0 Å². The number of aliphatic imine (C=N–C) groups is 1. The molecule has 1 rings (SSSR count). The van der Waals surface area contributed by atoms with Gasteiger partial charge >= 0.3 is 0 Å². The standard InChI is InChI=1S/C20H44N6/c1-8-21-20(22-10-11-26(17(3)4)18(5)6)23-16-19(7)25-14-12-24(9-2)13-15-25/h17-19H,8-16H2,1-7H3,(H2,21,22,23). The Hall–Kier alpha value is -0.850. The van der Waals surface area contributed by atoms with Crippen molar-refractivity contribution in [2.45, 2.75) is 66.6 Å². The predicted octanol–water partition coefficient (Wildman–Crippen LogP) is 1.69. The van der Waals surface area contributed by atoms with Gasteiger partial charge in [0.05, 0.1) is 6.54 Å². The zero-order valence-electron chi connectivity index (χ0n) is 18.4. The maximum atomic E-state index is 4.83. The van der Waals surface area contributed by atoms with E-state index in [4.69, 9.17) is 4.99 Å². The Morgan fingerprint density at radius 2 is 1.58 bits per heavy atom. The van der Waals surface area contributed by atoms with Crippen LogP contribution in [0.25, 0.3) is 0 Å². The van der Waals surface area contributed by atoms with Gasteiger partial charge < -0.3 is 15.5 Å². The first-order valence-corrected chi connectivity index (χ1v) is 10.6. The van der Waals surface area contributed by atoms with Gasteiger partial charge in [-0.15, -0.1) is 0 Å². The number of hydrogen-bond donors (Lipinski definition) is 2. The lowest BCUT2D eigenvalue weighted by Gasteiger charge is -2.37. The average molecular weight is 369 g/mol. The molecule has 1 fully saturated rings. The van der Waals surface area contributed by atoms with E-state index in [0.717, 1.165) is 45.2 Å². The highest BCUT2D eigenvalue weighted by Crippen LogP contribution is 2.06. The van der Waals surface area contributed by atoms with E-state index >= 15 is 0 Å². The summed E-state index contributed by atoms with van der Waals surface area (Å²) in [5.74, 6) is 0.944. The third-order valence-electron chi connectivity index (χ3n) is 5.32. The normalized spacial score (nSPS) is 18.8. The molecule has 1 unspecified atom stereocenters. The van der Waals surface area contributed by atoms with Gasteiger partial charge in [0.2, 0.25) is 0 Å². The highest BCUT2D eigenvalue weighted by Gasteiger charge is 2.20.